The van der Waals surface area contributed by atoms with Crippen LogP contribution in [0.3, 0.4) is 0 Å². The Kier molecular flexibility index (Phi) is 5.84. The van der Waals surface area contributed by atoms with Crippen molar-refractivity contribution in [3.8, 4) is 11.1 Å². The Bertz CT molecular complexity index is 958. The fraction of sp³-hybridized carbons (Fsp3) is 0.346. The van der Waals surface area contributed by atoms with Crippen molar-refractivity contribution in [3.63, 3.8) is 0 Å². The first-order valence-electron chi connectivity index (χ1n) is 10.6. The van der Waals surface area contributed by atoms with Gasteiger partial charge in [-0.3, -0.25) is 14.8 Å². The molecule has 0 amide bonds. The number of pyridine rings is 2. The summed E-state index contributed by atoms with van der Waals surface area (Å²) in [6, 6.07) is 18.6. The van der Waals surface area contributed by atoms with Gasteiger partial charge in [-0.15, -0.1) is 0 Å². The highest BCUT2D eigenvalue weighted by Crippen LogP contribution is 2.43. The Morgan fingerprint density at radius 3 is 2.41 bits per heavy atom. The number of hydrogen-bond acceptors (Lipinski definition) is 3. The van der Waals surface area contributed by atoms with Gasteiger partial charge in [-0.1, -0.05) is 43.2 Å². The molecule has 3 aromatic rings. The molecule has 3 heteroatoms. The summed E-state index contributed by atoms with van der Waals surface area (Å²) >= 11 is 0. The van der Waals surface area contributed by atoms with Crippen LogP contribution in [0.15, 0.2) is 67.0 Å². The van der Waals surface area contributed by atoms with Crippen molar-refractivity contribution in [1.29, 1.82) is 0 Å². The molecule has 0 atom stereocenters. The van der Waals surface area contributed by atoms with Crippen molar-refractivity contribution < 1.29 is 4.79 Å². The minimum Gasteiger partial charge on any atom is -0.299 e. The highest BCUT2D eigenvalue weighted by Gasteiger charge is 2.36. The summed E-state index contributed by atoms with van der Waals surface area (Å²) in [4.78, 5) is 21.6. The summed E-state index contributed by atoms with van der Waals surface area (Å²) in [5.74, 6) is 0.319. The van der Waals surface area contributed by atoms with E-state index in [-0.39, 0.29) is 5.41 Å². The molecule has 0 unspecified atom stereocenters. The fourth-order valence-electron chi connectivity index (χ4n) is 4.60. The van der Waals surface area contributed by atoms with Gasteiger partial charge in [-0.2, -0.15) is 0 Å². The summed E-state index contributed by atoms with van der Waals surface area (Å²) in [7, 11) is 0. The van der Waals surface area contributed by atoms with Crippen LogP contribution in [-0.4, -0.2) is 15.8 Å². The number of hydrogen-bond donors (Lipinski definition) is 0. The van der Waals surface area contributed by atoms with Crippen molar-refractivity contribution in [2.75, 3.05) is 0 Å². The molecule has 1 aliphatic carbocycles. The van der Waals surface area contributed by atoms with E-state index in [1.807, 2.05) is 31.5 Å². The number of ketones is 1. The van der Waals surface area contributed by atoms with Crippen LogP contribution in [0.25, 0.3) is 11.1 Å². The Morgan fingerprint density at radius 2 is 1.72 bits per heavy atom. The predicted octanol–water partition coefficient (Wildman–Crippen LogP) is 5.86. The van der Waals surface area contributed by atoms with E-state index in [1.54, 1.807) is 0 Å². The lowest BCUT2D eigenvalue weighted by Crippen LogP contribution is -2.25. The number of Topliss-reactive ketones (excluding diaryl/α,β-unsaturated/α-hetero) is 1. The monoisotopic (exact) mass is 384 g/mol. The van der Waals surface area contributed by atoms with Crippen molar-refractivity contribution >= 4 is 5.78 Å². The topological polar surface area (TPSA) is 42.9 Å². The normalized spacial score (nSPS) is 15.3. The number of carbonyl (C=O) groups excluding carboxylic acids is 1. The zero-order valence-electron chi connectivity index (χ0n) is 17.1. The average molecular weight is 385 g/mol. The molecule has 1 saturated carbocycles. The molecule has 1 aliphatic rings. The predicted molar refractivity (Wildman–Crippen MR) is 117 cm³/mol. The van der Waals surface area contributed by atoms with E-state index in [0.29, 0.717) is 18.6 Å². The van der Waals surface area contributed by atoms with Gasteiger partial charge in [0.2, 0.25) is 0 Å². The lowest BCUT2D eigenvalue weighted by Gasteiger charge is -2.28. The van der Waals surface area contributed by atoms with E-state index >= 15 is 0 Å². The largest absolute Gasteiger partial charge is 0.299 e. The van der Waals surface area contributed by atoms with Crippen LogP contribution in [-0.2, 0) is 16.6 Å². The summed E-state index contributed by atoms with van der Waals surface area (Å²) in [5, 5.41) is 0. The highest BCUT2D eigenvalue weighted by atomic mass is 16.1. The number of aromatic nitrogens is 2. The quantitative estimate of drug-likeness (QED) is 0.513. The van der Waals surface area contributed by atoms with Gasteiger partial charge in [-0.25, -0.2) is 0 Å². The van der Waals surface area contributed by atoms with E-state index in [1.165, 1.54) is 18.5 Å². The van der Waals surface area contributed by atoms with Gasteiger partial charge in [0.05, 0.1) is 0 Å². The minimum atomic E-state index is 0.0972. The number of carbonyl (C=O) groups is 1. The molecule has 0 aliphatic heterocycles. The molecule has 0 saturated heterocycles. The lowest BCUT2D eigenvalue weighted by molar-refractivity contribution is -0.118. The molecule has 0 bridgehead atoms. The fourth-order valence-corrected chi connectivity index (χ4v) is 4.60. The zero-order chi connectivity index (χ0) is 20.1. The van der Waals surface area contributed by atoms with Crippen molar-refractivity contribution in [2.45, 2.75) is 57.3 Å². The van der Waals surface area contributed by atoms with E-state index in [0.717, 1.165) is 41.6 Å². The second kappa shape index (κ2) is 8.69. The molecule has 0 spiro atoms. The maximum atomic E-state index is 12.7. The Morgan fingerprint density at radius 1 is 0.931 bits per heavy atom. The first-order valence-corrected chi connectivity index (χ1v) is 10.6. The Labute approximate surface area is 173 Å². The van der Waals surface area contributed by atoms with Crippen molar-refractivity contribution in [3.05, 3.63) is 83.9 Å². The van der Waals surface area contributed by atoms with Gasteiger partial charge in [0.15, 0.2) is 0 Å². The number of nitrogens with zero attached hydrogens (tertiary/aromatic N) is 2. The smallest absolute Gasteiger partial charge is 0.137 e. The van der Waals surface area contributed by atoms with Crippen molar-refractivity contribution in [1.82, 2.24) is 9.97 Å². The second-order valence-electron chi connectivity index (χ2n) is 8.30. The van der Waals surface area contributed by atoms with Crippen LogP contribution >= 0.6 is 0 Å². The molecule has 2 aromatic heterocycles. The van der Waals surface area contributed by atoms with Crippen LogP contribution in [0.2, 0.25) is 0 Å². The first kappa shape index (κ1) is 19.5. The molecule has 2 heterocycles. The SMILES string of the molecule is Cc1cc(-c2ccc(CC(=O)CCC3(c4ccccn4)CCCC3)cc2)ccn1. The van der Waals surface area contributed by atoms with Crippen LogP contribution < -0.4 is 0 Å². The number of aryl methyl sites for hydroxylation is 1. The third-order valence-corrected chi connectivity index (χ3v) is 6.24. The van der Waals surface area contributed by atoms with Crippen molar-refractivity contribution in [2.24, 2.45) is 0 Å². The summed E-state index contributed by atoms with van der Waals surface area (Å²) in [6.45, 7) is 2.00. The van der Waals surface area contributed by atoms with E-state index < -0.39 is 0 Å². The van der Waals surface area contributed by atoms with Gasteiger partial charge in [0.1, 0.15) is 5.78 Å². The molecule has 0 radical (unpaired) electrons. The van der Waals surface area contributed by atoms with E-state index in [9.17, 15) is 4.79 Å². The van der Waals surface area contributed by atoms with Gasteiger partial charge in [-0.05, 0) is 67.1 Å². The lowest BCUT2D eigenvalue weighted by atomic mass is 9.77. The zero-order valence-corrected chi connectivity index (χ0v) is 17.1. The van der Waals surface area contributed by atoms with Crippen LogP contribution in [0, 0.1) is 6.92 Å². The summed E-state index contributed by atoms with van der Waals surface area (Å²) in [5.41, 5.74) is 5.68. The molecule has 3 nitrogen and oxygen atoms in total. The third-order valence-electron chi connectivity index (χ3n) is 6.24. The third kappa shape index (κ3) is 4.61. The minimum absolute atomic E-state index is 0.0972. The van der Waals surface area contributed by atoms with Crippen LogP contribution in [0.4, 0.5) is 0 Å². The first-order chi connectivity index (χ1) is 14.1. The van der Waals surface area contributed by atoms with Crippen LogP contribution in [0.1, 0.15) is 55.5 Å². The summed E-state index contributed by atoms with van der Waals surface area (Å²) < 4.78 is 0. The molecular weight excluding hydrogens is 356 g/mol. The van der Waals surface area contributed by atoms with E-state index in [2.05, 4.69) is 52.4 Å². The Hall–Kier alpha value is -2.81. The van der Waals surface area contributed by atoms with E-state index in [4.69, 9.17) is 0 Å². The second-order valence-corrected chi connectivity index (χ2v) is 8.30. The molecule has 1 fully saturated rings. The van der Waals surface area contributed by atoms with Crippen LogP contribution in [0.5, 0.6) is 0 Å². The molecule has 148 valence electrons. The summed E-state index contributed by atoms with van der Waals surface area (Å²) in [6.07, 6.45) is 10.5. The molecular formula is C26H28N2O. The standard InChI is InChI=1S/C26H28N2O/c1-20-18-23(12-17-27-20)22-9-7-21(8-10-22)19-24(29)11-15-26(13-3-4-14-26)25-6-2-5-16-28-25/h2,5-10,12,16-18H,3-4,11,13-15,19H2,1H3. The molecule has 0 N–H and O–H groups in total. The molecule has 1 aromatic carbocycles. The van der Waals surface area contributed by atoms with Gasteiger partial charge in [0.25, 0.3) is 0 Å². The average Bonchev–Trinajstić information content (AvgIpc) is 3.24. The maximum absolute atomic E-state index is 12.7. The van der Waals surface area contributed by atoms with Gasteiger partial charge < -0.3 is 0 Å². The van der Waals surface area contributed by atoms with Gasteiger partial charge >= 0.3 is 0 Å². The maximum Gasteiger partial charge on any atom is 0.137 e. The number of rotatable bonds is 7. The molecule has 29 heavy (non-hydrogen) atoms. The molecule has 4 rings (SSSR count). The Balaban J connectivity index is 1.38. The number of benzene rings is 1. The van der Waals surface area contributed by atoms with Gasteiger partial charge in [0, 0.05) is 42.0 Å². The highest BCUT2D eigenvalue weighted by molar-refractivity contribution is 5.81.